The van der Waals surface area contributed by atoms with Gasteiger partial charge in [0.25, 0.3) is 5.91 Å². The third-order valence-corrected chi connectivity index (χ3v) is 7.42. The van der Waals surface area contributed by atoms with Crippen LogP contribution in [-0.2, 0) is 32.1 Å². The number of amides is 4. The number of hydrogen-bond acceptors (Lipinski definition) is 6. The summed E-state index contributed by atoms with van der Waals surface area (Å²) in [5.74, 6) is -1.12. The molecular weight excluding hydrogens is 494 g/mol. The summed E-state index contributed by atoms with van der Waals surface area (Å²) in [6.45, 7) is 0.840. The zero-order chi connectivity index (χ0) is 26.2. The van der Waals surface area contributed by atoms with Crippen LogP contribution in [0.2, 0.25) is 0 Å². The fraction of sp³-hybridized carbons (Fsp3) is 0.423. The van der Waals surface area contributed by atoms with Crippen LogP contribution in [0.4, 0.5) is 4.79 Å². The van der Waals surface area contributed by atoms with Crippen molar-refractivity contribution in [2.24, 2.45) is 10.7 Å². The summed E-state index contributed by atoms with van der Waals surface area (Å²) in [4.78, 5) is 58.7. The highest BCUT2D eigenvalue weighted by Gasteiger charge is 2.38. The third-order valence-electron chi connectivity index (χ3n) is 6.48. The number of thiophene rings is 1. The van der Waals surface area contributed by atoms with Crippen LogP contribution in [0.1, 0.15) is 42.5 Å². The van der Waals surface area contributed by atoms with Crippen molar-refractivity contribution >= 4 is 41.1 Å². The molecule has 3 heterocycles. The molecule has 2 aliphatic heterocycles. The molecule has 1 aromatic heterocycles. The van der Waals surface area contributed by atoms with Crippen LogP contribution in [0.25, 0.3) is 0 Å². The first-order valence-electron chi connectivity index (χ1n) is 12.4. The number of aliphatic imine (C=N–C) groups is 1. The highest BCUT2D eigenvalue weighted by Crippen LogP contribution is 2.21. The van der Waals surface area contributed by atoms with Gasteiger partial charge in [0.15, 0.2) is 0 Å². The molecule has 1 aromatic carbocycles. The standard InChI is InChI=1S/C26H31N5O5S/c27-25(29-26(35)36-17-18-7-2-1-3-8-18)31-15-4-10-20(24(31)34)28-23(33)21-11-5-14-30(21)22(32)13-12-19-9-6-16-37-19/h1-3,6-9,16,20-21H,4-5,10-15,17H2,(H,28,33)(H2,27,29,35)/t20-,21-/m0/s1. The van der Waals surface area contributed by atoms with Crippen LogP contribution in [0, 0.1) is 0 Å². The minimum absolute atomic E-state index is 0.0347. The average Bonchev–Trinajstić information content (AvgIpc) is 3.60. The Labute approximate surface area is 219 Å². The summed E-state index contributed by atoms with van der Waals surface area (Å²) in [7, 11) is 0. The Kier molecular flexibility index (Phi) is 8.89. The van der Waals surface area contributed by atoms with Gasteiger partial charge in [0.2, 0.25) is 17.8 Å². The molecule has 0 spiro atoms. The van der Waals surface area contributed by atoms with Crippen molar-refractivity contribution in [1.29, 1.82) is 0 Å². The molecule has 2 atom stereocenters. The van der Waals surface area contributed by atoms with Crippen molar-refractivity contribution in [1.82, 2.24) is 15.1 Å². The van der Waals surface area contributed by atoms with Gasteiger partial charge in [0, 0.05) is 24.4 Å². The number of hydrogen-bond donors (Lipinski definition) is 2. The number of aryl methyl sites for hydroxylation is 1. The molecule has 2 fully saturated rings. The molecule has 4 amide bonds. The molecule has 2 aromatic rings. The van der Waals surface area contributed by atoms with Crippen LogP contribution in [0.15, 0.2) is 52.8 Å². The number of carbonyl (C=O) groups excluding carboxylic acids is 4. The lowest BCUT2D eigenvalue weighted by Crippen LogP contribution is -2.58. The molecule has 0 unspecified atom stereocenters. The molecule has 0 bridgehead atoms. The molecule has 10 nitrogen and oxygen atoms in total. The minimum Gasteiger partial charge on any atom is -0.443 e. The molecular formula is C26H31N5O5S. The van der Waals surface area contributed by atoms with E-state index in [1.165, 1.54) is 4.90 Å². The van der Waals surface area contributed by atoms with E-state index in [1.54, 1.807) is 16.2 Å². The van der Waals surface area contributed by atoms with E-state index in [0.717, 1.165) is 16.9 Å². The molecule has 4 rings (SSSR count). The van der Waals surface area contributed by atoms with Crippen LogP contribution < -0.4 is 11.1 Å². The van der Waals surface area contributed by atoms with Gasteiger partial charge in [0.05, 0.1) is 0 Å². The number of nitrogens with one attached hydrogen (secondary N) is 1. The number of piperidine rings is 1. The maximum Gasteiger partial charge on any atom is 0.437 e. The Hall–Kier alpha value is -3.73. The number of benzene rings is 1. The largest absolute Gasteiger partial charge is 0.443 e. The Bertz CT molecular complexity index is 1140. The number of nitrogens with two attached hydrogens (primary N) is 1. The summed E-state index contributed by atoms with van der Waals surface area (Å²) < 4.78 is 5.11. The smallest absolute Gasteiger partial charge is 0.437 e. The Morgan fingerprint density at radius 1 is 1.08 bits per heavy atom. The van der Waals surface area contributed by atoms with E-state index in [0.29, 0.717) is 38.6 Å². The van der Waals surface area contributed by atoms with E-state index in [9.17, 15) is 19.2 Å². The molecule has 0 radical (unpaired) electrons. The zero-order valence-electron chi connectivity index (χ0n) is 20.5. The second kappa shape index (κ2) is 12.5. The average molecular weight is 526 g/mol. The van der Waals surface area contributed by atoms with Gasteiger partial charge in [-0.1, -0.05) is 36.4 Å². The van der Waals surface area contributed by atoms with E-state index in [4.69, 9.17) is 10.5 Å². The van der Waals surface area contributed by atoms with Gasteiger partial charge in [-0.15, -0.1) is 16.3 Å². The summed E-state index contributed by atoms with van der Waals surface area (Å²) in [5.41, 5.74) is 6.75. The van der Waals surface area contributed by atoms with Crippen molar-refractivity contribution in [3.8, 4) is 0 Å². The Balaban J connectivity index is 1.30. The fourth-order valence-corrected chi connectivity index (χ4v) is 5.29. The van der Waals surface area contributed by atoms with Gasteiger partial charge >= 0.3 is 6.09 Å². The Morgan fingerprint density at radius 3 is 2.62 bits per heavy atom. The molecule has 3 N–H and O–H groups in total. The fourth-order valence-electron chi connectivity index (χ4n) is 4.58. The van der Waals surface area contributed by atoms with E-state index >= 15 is 0 Å². The van der Waals surface area contributed by atoms with Crippen LogP contribution in [0.5, 0.6) is 0 Å². The van der Waals surface area contributed by atoms with Gasteiger partial charge in [-0.05, 0) is 49.1 Å². The summed E-state index contributed by atoms with van der Waals surface area (Å²) in [5, 5.41) is 4.77. The Morgan fingerprint density at radius 2 is 1.86 bits per heavy atom. The minimum atomic E-state index is -0.900. The van der Waals surface area contributed by atoms with Crippen LogP contribution >= 0.6 is 11.3 Å². The van der Waals surface area contributed by atoms with E-state index in [1.807, 2.05) is 47.8 Å². The molecule has 0 saturated carbocycles. The van der Waals surface area contributed by atoms with Gasteiger partial charge in [0.1, 0.15) is 18.7 Å². The summed E-state index contributed by atoms with van der Waals surface area (Å²) in [6, 6.07) is 11.7. The first kappa shape index (κ1) is 26.3. The second-order valence-electron chi connectivity index (χ2n) is 9.03. The van der Waals surface area contributed by atoms with Crippen molar-refractivity contribution < 1.29 is 23.9 Å². The second-order valence-corrected chi connectivity index (χ2v) is 10.1. The number of guanidine groups is 1. The number of carbonyl (C=O) groups is 4. The van der Waals surface area contributed by atoms with Gasteiger partial charge < -0.3 is 20.7 Å². The van der Waals surface area contributed by atoms with Gasteiger partial charge in [-0.3, -0.25) is 19.3 Å². The molecule has 11 heteroatoms. The molecule has 196 valence electrons. The van der Waals surface area contributed by atoms with E-state index < -0.39 is 24.1 Å². The number of likely N-dealkylation sites (tertiary alicyclic amines) is 2. The SMILES string of the molecule is N/C(=N\C(=O)OCc1ccccc1)N1CCC[C@H](NC(=O)[C@@H]2CCCN2C(=O)CCc2cccs2)C1=O. The molecule has 0 aliphatic carbocycles. The number of nitrogens with zero attached hydrogens (tertiary/aromatic N) is 3. The van der Waals surface area contributed by atoms with Crippen molar-refractivity contribution in [2.75, 3.05) is 13.1 Å². The maximum atomic E-state index is 13.1. The molecule has 2 saturated heterocycles. The first-order valence-corrected chi connectivity index (χ1v) is 13.3. The topological polar surface area (TPSA) is 134 Å². The monoisotopic (exact) mass is 525 g/mol. The van der Waals surface area contributed by atoms with Gasteiger partial charge in [-0.2, -0.15) is 0 Å². The predicted octanol–water partition coefficient (Wildman–Crippen LogP) is 2.43. The summed E-state index contributed by atoms with van der Waals surface area (Å²) in [6.07, 6.45) is 2.38. The zero-order valence-corrected chi connectivity index (χ0v) is 21.3. The molecule has 37 heavy (non-hydrogen) atoms. The van der Waals surface area contributed by atoms with Crippen molar-refractivity contribution in [3.63, 3.8) is 0 Å². The molecule has 2 aliphatic rings. The third kappa shape index (κ3) is 6.94. The lowest BCUT2D eigenvalue weighted by molar-refractivity contribution is -0.140. The number of rotatable bonds is 7. The van der Waals surface area contributed by atoms with Gasteiger partial charge in [-0.25, -0.2) is 4.79 Å². The van der Waals surface area contributed by atoms with Crippen molar-refractivity contribution in [2.45, 2.75) is 57.2 Å². The van der Waals surface area contributed by atoms with E-state index in [2.05, 4.69) is 10.3 Å². The van der Waals surface area contributed by atoms with Crippen molar-refractivity contribution in [3.05, 3.63) is 58.3 Å². The predicted molar refractivity (Wildman–Crippen MR) is 139 cm³/mol. The highest BCUT2D eigenvalue weighted by atomic mass is 32.1. The quantitative estimate of drug-likeness (QED) is 0.421. The van der Waals surface area contributed by atoms with Crippen LogP contribution in [-0.4, -0.2) is 64.7 Å². The van der Waals surface area contributed by atoms with Crippen LogP contribution in [0.3, 0.4) is 0 Å². The van der Waals surface area contributed by atoms with E-state index in [-0.39, 0.29) is 30.9 Å². The first-order chi connectivity index (χ1) is 17.9. The lowest BCUT2D eigenvalue weighted by atomic mass is 10.0. The normalized spacial score (nSPS) is 20.1. The summed E-state index contributed by atoms with van der Waals surface area (Å²) >= 11 is 1.60. The highest BCUT2D eigenvalue weighted by molar-refractivity contribution is 7.09. The maximum absolute atomic E-state index is 13.1. The lowest BCUT2D eigenvalue weighted by Gasteiger charge is -2.33. The number of ether oxygens (including phenoxy) is 1.